The maximum Gasteiger partial charge on any atom is 0.139 e. The van der Waals surface area contributed by atoms with Gasteiger partial charge in [0.05, 0.1) is 49.4 Å². The number of aryl methyl sites for hydroxylation is 2. The van der Waals surface area contributed by atoms with Crippen LogP contribution in [0.4, 0.5) is 11.4 Å². The largest absolute Gasteiger partial charge is 0.490 e. The van der Waals surface area contributed by atoms with Crippen LogP contribution in [-0.4, -0.2) is 101 Å². The zero-order valence-electron chi connectivity index (χ0n) is 34.9. The molecule has 59 heavy (non-hydrogen) atoms. The van der Waals surface area contributed by atoms with Crippen LogP contribution >= 0.6 is 12.4 Å². The predicted octanol–water partition coefficient (Wildman–Crippen LogP) is 7.80. The second kappa shape index (κ2) is 25.0. The van der Waals surface area contributed by atoms with E-state index < -0.39 is 0 Å². The monoisotopic (exact) mass is 826 g/mol. The highest BCUT2D eigenvalue weighted by atomic mass is 35.5. The number of hydrogen-bond donors (Lipinski definition) is 2. The van der Waals surface area contributed by atoms with Crippen molar-refractivity contribution in [3.05, 3.63) is 109 Å². The van der Waals surface area contributed by atoms with Gasteiger partial charge in [0.15, 0.2) is 0 Å². The molecule has 0 spiro atoms. The smallest absolute Gasteiger partial charge is 0.139 e. The molecule has 0 radical (unpaired) electrons. The van der Waals surface area contributed by atoms with Crippen LogP contribution in [0.5, 0.6) is 11.5 Å². The van der Waals surface area contributed by atoms with Crippen molar-refractivity contribution in [3.8, 4) is 11.5 Å². The van der Waals surface area contributed by atoms with Gasteiger partial charge in [0.25, 0.3) is 0 Å². The fraction of sp³-hybridized carbons (Fsp3) is 0.542. The highest BCUT2D eigenvalue weighted by molar-refractivity contribution is 5.85. The van der Waals surface area contributed by atoms with Gasteiger partial charge in [0.1, 0.15) is 24.7 Å². The number of pyridine rings is 2. The maximum absolute atomic E-state index is 5.97. The average Bonchev–Trinajstić information content (AvgIpc) is 4.13. The highest BCUT2D eigenvalue weighted by Crippen LogP contribution is 2.28. The summed E-state index contributed by atoms with van der Waals surface area (Å²) >= 11 is 0. The lowest BCUT2D eigenvalue weighted by Gasteiger charge is -2.19. The van der Waals surface area contributed by atoms with Crippen LogP contribution in [0.3, 0.4) is 0 Å². The van der Waals surface area contributed by atoms with Crippen molar-refractivity contribution in [1.82, 2.24) is 20.6 Å². The summed E-state index contributed by atoms with van der Waals surface area (Å²) in [4.78, 5) is 13.6. The molecule has 8 rings (SSSR count). The zero-order chi connectivity index (χ0) is 39.5. The van der Waals surface area contributed by atoms with Gasteiger partial charge < -0.3 is 39.4 Å². The molecule has 4 fully saturated rings. The summed E-state index contributed by atoms with van der Waals surface area (Å²) in [5.74, 6) is 2.94. The molecule has 0 unspecified atom stereocenters. The van der Waals surface area contributed by atoms with Gasteiger partial charge in [-0.15, -0.1) is 12.4 Å². The molecule has 11 heteroatoms. The minimum Gasteiger partial charge on any atom is -0.490 e. The second-order valence-corrected chi connectivity index (χ2v) is 16.5. The van der Waals surface area contributed by atoms with Crippen molar-refractivity contribution in [2.75, 3.05) is 88.7 Å². The number of halogens is 1. The van der Waals surface area contributed by atoms with Crippen LogP contribution in [0.15, 0.2) is 97.6 Å². The van der Waals surface area contributed by atoms with Crippen LogP contribution in [0.25, 0.3) is 0 Å². The third kappa shape index (κ3) is 15.2. The molecule has 0 amide bonds. The first-order valence-corrected chi connectivity index (χ1v) is 22.1. The van der Waals surface area contributed by atoms with Crippen molar-refractivity contribution < 1.29 is 18.9 Å². The Kier molecular flexibility index (Phi) is 18.9. The molecule has 0 aliphatic carbocycles. The van der Waals surface area contributed by atoms with E-state index in [9.17, 15) is 0 Å². The van der Waals surface area contributed by atoms with Gasteiger partial charge in [0, 0.05) is 75.4 Å². The lowest BCUT2D eigenvalue weighted by atomic mass is 10.1. The predicted molar refractivity (Wildman–Crippen MR) is 241 cm³/mol. The second-order valence-electron chi connectivity index (χ2n) is 16.5. The summed E-state index contributed by atoms with van der Waals surface area (Å²) in [6.45, 7) is 11.2. The summed E-state index contributed by atoms with van der Waals surface area (Å²) in [5.41, 5.74) is 5.10. The van der Waals surface area contributed by atoms with Crippen molar-refractivity contribution in [3.63, 3.8) is 0 Å². The molecule has 4 atom stereocenters. The molecule has 4 saturated heterocycles. The molecule has 4 aliphatic heterocycles. The minimum atomic E-state index is 0. The third-order valence-electron chi connectivity index (χ3n) is 11.8. The van der Waals surface area contributed by atoms with Crippen LogP contribution < -0.4 is 29.9 Å². The Labute approximate surface area is 359 Å². The van der Waals surface area contributed by atoms with E-state index in [1.807, 2.05) is 24.8 Å². The number of nitrogens with one attached hydrogen (secondary N) is 2. The molecule has 320 valence electrons. The van der Waals surface area contributed by atoms with E-state index in [1.165, 1.54) is 49.7 Å². The first kappa shape index (κ1) is 44.6. The molecule has 4 aromatic rings. The molecule has 10 nitrogen and oxygen atoms in total. The first-order chi connectivity index (χ1) is 28.7. The van der Waals surface area contributed by atoms with Gasteiger partial charge in [-0.1, -0.05) is 60.7 Å². The van der Waals surface area contributed by atoms with Crippen molar-refractivity contribution in [2.45, 2.75) is 76.3 Å². The molecular formula is C48H67ClN6O4. The topological polar surface area (TPSA) is 93.2 Å². The van der Waals surface area contributed by atoms with Crippen LogP contribution in [-0.2, 0) is 22.3 Å². The van der Waals surface area contributed by atoms with Crippen LogP contribution in [0.1, 0.15) is 62.5 Å². The van der Waals surface area contributed by atoms with Crippen LogP contribution in [0, 0.1) is 11.8 Å². The van der Waals surface area contributed by atoms with Gasteiger partial charge in [-0.25, -0.2) is 0 Å². The Balaban J connectivity index is 0.000000195. The summed E-state index contributed by atoms with van der Waals surface area (Å²) in [5, 5.41) is 6.94. The zero-order valence-corrected chi connectivity index (χ0v) is 35.7. The summed E-state index contributed by atoms with van der Waals surface area (Å²) in [6.07, 6.45) is 19.1. The van der Waals surface area contributed by atoms with Crippen molar-refractivity contribution in [1.29, 1.82) is 0 Å². The number of aromatic nitrogens is 2. The fourth-order valence-corrected chi connectivity index (χ4v) is 8.46. The first-order valence-electron chi connectivity index (χ1n) is 22.1. The number of nitrogens with zero attached hydrogens (tertiary/aromatic N) is 4. The standard InChI is InChI=1S/2C24H33N3O2.ClH/c2*1-2-6-20(7-3-1)8-5-13-28-18-21-10-12-27(17-21)23-14-24(16-25-15-23)29-19-22-9-4-11-26-22;/h2*1-3,6-7,14-16,21-22,26H,4-5,8-13,17-19H2;1H/t2*21-,22+;/m11./s1. The number of benzene rings is 2. The van der Waals surface area contributed by atoms with Gasteiger partial charge in [-0.05, 0) is 88.4 Å². The lowest BCUT2D eigenvalue weighted by molar-refractivity contribution is 0.104. The van der Waals surface area contributed by atoms with Gasteiger partial charge in [-0.3, -0.25) is 9.97 Å². The number of ether oxygens (including phenoxy) is 4. The Morgan fingerprint density at radius 2 is 1.02 bits per heavy atom. The van der Waals surface area contributed by atoms with Crippen molar-refractivity contribution in [2.24, 2.45) is 11.8 Å². The van der Waals surface area contributed by atoms with E-state index in [-0.39, 0.29) is 12.4 Å². The SMILES string of the molecule is Cl.c1ccc(CCCOC[C@@H]2CCN(c3cncc(OC[C@@H]4CCCN4)c3)C2)cc1.c1ccc(CCCOC[C@@H]2CCN(c3cncc(OC[C@@H]4CCCN4)c3)C2)cc1. The van der Waals surface area contributed by atoms with Crippen molar-refractivity contribution >= 4 is 23.8 Å². The number of hydrogen-bond acceptors (Lipinski definition) is 10. The van der Waals surface area contributed by atoms with E-state index in [2.05, 4.69) is 103 Å². The molecule has 0 saturated carbocycles. The Morgan fingerprint density at radius 1 is 0.559 bits per heavy atom. The number of anilines is 2. The highest BCUT2D eigenvalue weighted by Gasteiger charge is 2.25. The normalized spacial score (nSPS) is 21.2. The molecule has 2 aromatic heterocycles. The third-order valence-corrected chi connectivity index (χ3v) is 11.8. The quantitative estimate of drug-likeness (QED) is 0.0861. The van der Waals surface area contributed by atoms with Gasteiger partial charge >= 0.3 is 0 Å². The minimum absolute atomic E-state index is 0. The summed E-state index contributed by atoms with van der Waals surface area (Å²) < 4.78 is 23.9. The van der Waals surface area contributed by atoms with E-state index in [4.69, 9.17) is 18.9 Å². The Hall–Kier alpha value is -3.93. The molecule has 6 heterocycles. The average molecular weight is 828 g/mol. The molecular weight excluding hydrogens is 760 g/mol. The van der Waals surface area contributed by atoms with Gasteiger partial charge in [-0.2, -0.15) is 0 Å². The van der Waals surface area contributed by atoms with E-state index >= 15 is 0 Å². The molecule has 4 aliphatic rings. The Bertz CT molecular complexity index is 1600. The summed E-state index contributed by atoms with van der Waals surface area (Å²) in [7, 11) is 0. The molecule has 0 bridgehead atoms. The van der Waals surface area contributed by atoms with E-state index in [1.54, 1.807) is 0 Å². The lowest BCUT2D eigenvalue weighted by Crippen LogP contribution is -2.28. The maximum atomic E-state index is 5.97. The molecule has 2 N–H and O–H groups in total. The van der Waals surface area contributed by atoms with E-state index in [0.717, 1.165) is 127 Å². The van der Waals surface area contributed by atoms with Crippen LogP contribution in [0.2, 0.25) is 0 Å². The number of rotatable bonds is 20. The van der Waals surface area contributed by atoms with E-state index in [0.29, 0.717) is 23.9 Å². The fourth-order valence-electron chi connectivity index (χ4n) is 8.46. The Morgan fingerprint density at radius 3 is 1.44 bits per heavy atom. The summed E-state index contributed by atoms with van der Waals surface area (Å²) in [6, 6.07) is 26.5. The molecule has 2 aromatic carbocycles. The van der Waals surface area contributed by atoms with Gasteiger partial charge in [0.2, 0.25) is 0 Å².